The van der Waals surface area contributed by atoms with Crippen LogP contribution in [0.25, 0.3) is 0 Å². The molecule has 122 valence electrons. The lowest BCUT2D eigenvalue weighted by Gasteiger charge is -2.36. The molecule has 1 aliphatic rings. The summed E-state index contributed by atoms with van der Waals surface area (Å²) in [7, 11) is 0. The van der Waals surface area contributed by atoms with E-state index in [2.05, 4.69) is 5.32 Å². The third-order valence-electron chi connectivity index (χ3n) is 3.39. The highest BCUT2D eigenvalue weighted by atomic mass is 35.5. The average molecular weight is 345 g/mol. The number of rotatable bonds is 2. The fraction of sp³-hybridized carbons (Fsp3) is 0.571. The van der Waals surface area contributed by atoms with Gasteiger partial charge in [0.1, 0.15) is 6.04 Å². The van der Waals surface area contributed by atoms with Gasteiger partial charge in [-0.15, -0.1) is 24.8 Å². The van der Waals surface area contributed by atoms with Crippen LogP contribution in [0.1, 0.15) is 22.7 Å². The molecule has 0 amide bonds. The topological polar surface area (TPSA) is 15.3 Å². The Morgan fingerprint density at radius 2 is 1.48 bits per heavy atom. The van der Waals surface area contributed by atoms with Gasteiger partial charge >= 0.3 is 6.18 Å². The molecule has 0 unspecified atom stereocenters. The molecule has 1 saturated heterocycles. The van der Waals surface area contributed by atoms with Crippen LogP contribution in [0.3, 0.4) is 0 Å². The summed E-state index contributed by atoms with van der Waals surface area (Å²) >= 11 is 0. The summed E-state index contributed by atoms with van der Waals surface area (Å²) in [5, 5.41) is 3.09. The molecule has 1 heterocycles. The van der Waals surface area contributed by atoms with Gasteiger partial charge in [-0.2, -0.15) is 13.2 Å². The maximum Gasteiger partial charge on any atom is 0.408 e. The van der Waals surface area contributed by atoms with E-state index in [1.165, 1.54) is 4.90 Å². The summed E-state index contributed by atoms with van der Waals surface area (Å²) in [5.74, 6) is 0. The first kappa shape index (κ1) is 20.5. The van der Waals surface area contributed by atoms with Crippen molar-refractivity contribution in [1.82, 2.24) is 10.2 Å². The Labute approximate surface area is 135 Å². The van der Waals surface area contributed by atoms with E-state index in [9.17, 15) is 13.2 Å². The number of piperazine rings is 1. The van der Waals surface area contributed by atoms with Crippen molar-refractivity contribution in [3.63, 3.8) is 0 Å². The number of nitrogens with one attached hydrogen (secondary N) is 1. The minimum absolute atomic E-state index is 0. The van der Waals surface area contributed by atoms with Gasteiger partial charge in [0, 0.05) is 26.2 Å². The molecule has 0 spiro atoms. The van der Waals surface area contributed by atoms with E-state index < -0.39 is 12.2 Å². The van der Waals surface area contributed by atoms with Crippen LogP contribution in [-0.4, -0.2) is 37.3 Å². The second kappa shape index (κ2) is 8.22. The predicted molar refractivity (Wildman–Crippen MR) is 83.7 cm³/mol. The third kappa shape index (κ3) is 5.33. The van der Waals surface area contributed by atoms with Crippen molar-refractivity contribution in [2.75, 3.05) is 26.2 Å². The molecule has 1 fully saturated rings. The molecule has 1 aliphatic heterocycles. The maximum absolute atomic E-state index is 13.4. The van der Waals surface area contributed by atoms with Gasteiger partial charge in [-0.25, -0.2) is 0 Å². The van der Waals surface area contributed by atoms with Crippen LogP contribution in [0, 0.1) is 13.8 Å². The number of alkyl halides is 3. The smallest absolute Gasteiger partial charge is 0.314 e. The molecule has 2 nitrogen and oxygen atoms in total. The maximum atomic E-state index is 13.4. The fourth-order valence-electron chi connectivity index (χ4n) is 2.71. The van der Waals surface area contributed by atoms with Gasteiger partial charge < -0.3 is 5.32 Å². The zero-order valence-corrected chi connectivity index (χ0v) is 13.7. The van der Waals surface area contributed by atoms with E-state index in [0.717, 1.165) is 11.1 Å². The molecule has 21 heavy (non-hydrogen) atoms. The second-order valence-corrected chi connectivity index (χ2v) is 5.15. The number of hydrogen-bond donors (Lipinski definition) is 1. The monoisotopic (exact) mass is 344 g/mol. The molecular weight excluding hydrogens is 324 g/mol. The van der Waals surface area contributed by atoms with Gasteiger partial charge in [-0.3, -0.25) is 4.90 Å². The van der Waals surface area contributed by atoms with Crippen molar-refractivity contribution < 1.29 is 13.2 Å². The summed E-state index contributed by atoms with van der Waals surface area (Å²) < 4.78 is 40.2. The van der Waals surface area contributed by atoms with E-state index in [1.807, 2.05) is 19.9 Å². The highest BCUT2D eigenvalue weighted by Crippen LogP contribution is 2.38. The zero-order chi connectivity index (χ0) is 14.0. The van der Waals surface area contributed by atoms with Crippen LogP contribution >= 0.6 is 24.8 Å². The number of halogens is 5. The summed E-state index contributed by atoms with van der Waals surface area (Å²) in [6.45, 7) is 5.74. The summed E-state index contributed by atoms with van der Waals surface area (Å²) in [4.78, 5) is 1.52. The standard InChI is InChI=1S/C14H19F3N2.2ClH/c1-10-7-11(2)9-12(8-10)13(14(15,16)17)19-5-3-18-4-6-19;;/h7-9,13,18H,3-6H2,1-2H3;2*1H/t13-;;/m1../s1. The van der Waals surface area contributed by atoms with Crippen LogP contribution < -0.4 is 5.32 Å². The van der Waals surface area contributed by atoms with E-state index in [1.54, 1.807) is 12.1 Å². The molecule has 0 radical (unpaired) electrons. The SMILES string of the molecule is Cc1cc(C)cc([C@@H](N2CCNCC2)C(F)(F)F)c1.Cl.Cl. The largest absolute Gasteiger partial charge is 0.408 e. The quantitative estimate of drug-likeness (QED) is 0.880. The van der Waals surface area contributed by atoms with Crippen molar-refractivity contribution in [2.24, 2.45) is 0 Å². The molecule has 0 aliphatic carbocycles. The molecule has 1 aromatic carbocycles. The van der Waals surface area contributed by atoms with Crippen molar-refractivity contribution >= 4 is 24.8 Å². The summed E-state index contributed by atoms with van der Waals surface area (Å²) in [6.07, 6.45) is -4.24. The first-order valence-corrected chi connectivity index (χ1v) is 6.47. The van der Waals surface area contributed by atoms with Crippen LogP contribution in [0.2, 0.25) is 0 Å². The molecule has 0 aromatic heterocycles. The van der Waals surface area contributed by atoms with Crippen molar-refractivity contribution in [1.29, 1.82) is 0 Å². The Morgan fingerprint density at radius 1 is 1.00 bits per heavy atom. The van der Waals surface area contributed by atoms with E-state index in [4.69, 9.17) is 0 Å². The molecular formula is C14H21Cl2F3N2. The number of hydrogen-bond acceptors (Lipinski definition) is 2. The Kier molecular flexibility index (Phi) is 8.03. The lowest BCUT2D eigenvalue weighted by molar-refractivity contribution is -0.187. The molecule has 1 N–H and O–H groups in total. The molecule has 1 atom stereocenters. The van der Waals surface area contributed by atoms with Crippen LogP contribution in [0.15, 0.2) is 18.2 Å². The molecule has 0 saturated carbocycles. The van der Waals surface area contributed by atoms with E-state index in [0.29, 0.717) is 31.7 Å². The Bertz CT molecular complexity index is 426. The van der Waals surface area contributed by atoms with Crippen LogP contribution in [-0.2, 0) is 0 Å². The van der Waals surface area contributed by atoms with Gasteiger partial charge in [0.15, 0.2) is 0 Å². The van der Waals surface area contributed by atoms with Gasteiger partial charge in [0.25, 0.3) is 0 Å². The minimum atomic E-state index is -4.24. The van der Waals surface area contributed by atoms with Gasteiger partial charge in [-0.1, -0.05) is 29.3 Å². The summed E-state index contributed by atoms with van der Waals surface area (Å²) in [5.41, 5.74) is 2.10. The fourth-order valence-corrected chi connectivity index (χ4v) is 2.71. The number of benzene rings is 1. The van der Waals surface area contributed by atoms with Crippen LogP contribution in [0.4, 0.5) is 13.2 Å². The Hall–Kier alpha value is -0.490. The highest BCUT2D eigenvalue weighted by molar-refractivity contribution is 5.85. The number of aryl methyl sites for hydroxylation is 2. The second-order valence-electron chi connectivity index (χ2n) is 5.15. The zero-order valence-electron chi connectivity index (χ0n) is 12.0. The first-order chi connectivity index (χ1) is 8.88. The van der Waals surface area contributed by atoms with Crippen molar-refractivity contribution in [3.8, 4) is 0 Å². The van der Waals surface area contributed by atoms with Crippen molar-refractivity contribution in [3.05, 3.63) is 34.9 Å². The van der Waals surface area contributed by atoms with E-state index in [-0.39, 0.29) is 24.8 Å². The highest BCUT2D eigenvalue weighted by Gasteiger charge is 2.44. The van der Waals surface area contributed by atoms with Gasteiger partial charge in [0.05, 0.1) is 0 Å². The first-order valence-electron chi connectivity index (χ1n) is 6.47. The molecule has 7 heteroatoms. The lowest BCUT2D eigenvalue weighted by Crippen LogP contribution is -2.49. The minimum Gasteiger partial charge on any atom is -0.314 e. The third-order valence-corrected chi connectivity index (χ3v) is 3.39. The number of nitrogens with zero attached hydrogens (tertiary/aromatic N) is 1. The summed E-state index contributed by atoms with van der Waals surface area (Å²) in [6, 6.07) is 3.70. The molecule has 0 bridgehead atoms. The van der Waals surface area contributed by atoms with Gasteiger partial charge in [-0.05, 0) is 19.4 Å². The predicted octanol–water partition coefficient (Wildman–Crippen LogP) is 3.66. The average Bonchev–Trinajstić information content (AvgIpc) is 2.27. The lowest BCUT2D eigenvalue weighted by atomic mass is 9.99. The van der Waals surface area contributed by atoms with Crippen LogP contribution in [0.5, 0.6) is 0 Å². The normalized spacial score (nSPS) is 17.6. The Balaban J connectivity index is 0.00000200. The van der Waals surface area contributed by atoms with Crippen molar-refractivity contribution in [2.45, 2.75) is 26.1 Å². The van der Waals surface area contributed by atoms with E-state index >= 15 is 0 Å². The Morgan fingerprint density at radius 3 is 1.90 bits per heavy atom. The van der Waals surface area contributed by atoms with Gasteiger partial charge in [0.2, 0.25) is 0 Å². The molecule has 1 aromatic rings. The molecule has 2 rings (SSSR count).